The Balaban J connectivity index is 0.977. The molecular formula is C57H38N2S. The highest BCUT2D eigenvalue weighted by Gasteiger charge is 2.37. The van der Waals surface area contributed by atoms with Gasteiger partial charge in [-0.05, 0) is 111 Å². The molecule has 13 rings (SSSR count). The van der Waals surface area contributed by atoms with Crippen LogP contribution in [0.1, 0.15) is 31.8 Å². The van der Waals surface area contributed by atoms with Crippen molar-refractivity contribution in [2.24, 2.45) is 0 Å². The third-order valence-electron chi connectivity index (χ3n) is 13.0. The van der Waals surface area contributed by atoms with E-state index in [9.17, 15) is 0 Å². The molecule has 60 heavy (non-hydrogen) atoms. The van der Waals surface area contributed by atoms with Crippen molar-refractivity contribution in [3.05, 3.63) is 205 Å². The highest BCUT2D eigenvalue weighted by molar-refractivity contribution is 7.25. The van der Waals surface area contributed by atoms with Gasteiger partial charge in [-0.3, -0.25) is 0 Å². The van der Waals surface area contributed by atoms with Crippen molar-refractivity contribution in [1.29, 1.82) is 0 Å². The number of fused-ring (bicyclic) bond motifs is 12. The van der Waals surface area contributed by atoms with Gasteiger partial charge in [0.1, 0.15) is 0 Å². The van der Waals surface area contributed by atoms with Gasteiger partial charge in [-0.25, -0.2) is 0 Å². The van der Waals surface area contributed by atoms with Gasteiger partial charge in [0.25, 0.3) is 0 Å². The van der Waals surface area contributed by atoms with E-state index in [0.717, 1.165) is 60.9 Å². The first-order valence-corrected chi connectivity index (χ1v) is 21.3. The van der Waals surface area contributed by atoms with Gasteiger partial charge < -0.3 is 9.13 Å². The molecule has 9 aromatic carbocycles. The summed E-state index contributed by atoms with van der Waals surface area (Å²) in [7, 11) is 0. The molecule has 3 aromatic heterocycles. The minimum absolute atomic E-state index is 0.195. The maximum absolute atomic E-state index is 8.91. The third kappa shape index (κ3) is 4.64. The largest absolute Gasteiger partial charge is 0.309 e. The fourth-order valence-corrected chi connectivity index (χ4v) is 11.4. The summed E-state index contributed by atoms with van der Waals surface area (Å²) in [6.45, 7) is 4.40. The number of aromatic nitrogens is 2. The Hall–Kier alpha value is -7.20. The normalized spacial score (nSPS) is 14.5. The molecule has 0 amide bonds. The van der Waals surface area contributed by atoms with E-state index in [4.69, 9.17) is 6.85 Å². The summed E-state index contributed by atoms with van der Waals surface area (Å²) in [5, 5.41) is 7.30. The number of para-hydroxylation sites is 2. The first kappa shape index (κ1) is 29.1. The van der Waals surface area contributed by atoms with Gasteiger partial charge in [0, 0.05) is 52.8 Å². The number of hydrogen-bond donors (Lipinski definition) is 0. The smallest absolute Gasteiger partial charge is 0.0629 e. The summed E-state index contributed by atoms with van der Waals surface area (Å²) in [4.78, 5) is 0. The molecule has 0 N–H and O–H groups in total. The van der Waals surface area contributed by atoms with E-state index < -0.39 is 6.04 Å². The second kappa shape index (κ2) is 12.4. The fraction of sp³-hybridized carbons (Fsp3) is 0.0526. The zero-order chi connectivity index (χ0) is 44.0. The molecule has 0 atom stereocenters. The summed E-state index contributed by atoms with van der Waals surface area (Å²) in [6.07, 6.45) is 0. The average Bonchev–Trinajstić information content (AvgIpc) is 4.05. The summed E-state index contributed by atoms with van der Waals surface area (Å²) in [5.74, 6) is 0. The Morgan fingerprint density at radius 2 is 1.07 bits per heavy atom. The second-order valence-corrected chi connectivity index (χ2v) is 17.6. The quantitative estimate of drug-likeness (QED) is 0.168. The van der Waals surface area contributed by atoms with Crippen LogP contribution < -0.4 is 0 Å². The van der Waals surface area contributed by atoms with Gasteiger partial charge in [-0.15, -0.1) is 11.3 Å². The van der Waals surface area contributed by atoms with E-state index in [0.29, 0.717) is 5.56 Å². The van der Waals surface area contributed by atoms with E-state index in [-0.39, 0.29) is 35.1 Å². The molecule has 0 saturated carbocycles. The standard InChI is InChI=1S/C57H38N2S/c1-57(2)46-29-28-38(34-45(46)55-39(19-12-20-47(55)57)35-14-4-3-5-15-35)58-48-21-9-6-16-40(48)43-32-36(26-30-50(43)58)37-27-31-51-44(33-37)41-17-7-10-22-49(41)59(51)52-23-13-25-54-56(52)42-18-8-11-24-53(42)60-54/h3-34H,1-2H3/i3D,4D,5D,14D,15D. The first-order chi connectivity index (χ1) is 31.6. The molecule has 0 fully saturated rings. The molecule has 0 spiro atoms. The predicted molar refractivity (Wildman–Crippen MR) is 256 cm³/mol. The molecule has 1 aliphatic rings. The van der Waals surface area contributed by atoms with Crippen LogP contribution in [0.4, 0.5) is 0 Å². The third-order valence-corrected chi connectivity index (χ3v) is 14.1. The van der Waals surface area contributed by atoms with Crippen LogP contribution in [0.25, 0.3) is 109 Å². The lowest BCUT2D eigenvalue weighted by molar-refractivity contribution is 0.660. The molecule has 0 radical (unpaired) electrons. The number of thiophene rings is 1. The first-order valence-electron chi connectivity index (χ1n) is 22.9. The van der Waals surface area contributed by atoms with Gasteiger partial charge >= 0.3 is 0 Å². The maximum atomic E-state index is 8.91. The second-order valence-electron chi connectivity index (χ2n) is 16.5. The molecule has 282 valence electrons. The van der Waals surface area contributed by atoms with Crippen molar-refractivity contribution < 1.29 is 6.85 Å². The van der Waals surface area contributed by atoms with Crippen molar-refractivity contribution in [3.8, 4) is 44.8 Å². The molecule has 3 heterocycles. The van der Waals surface area contributed by atoms with Gasteiger partial charge in [-0.1, -0.05) is 141 Å². The molecular weight excluding hydrogens is 745 g/mol. The van der Waals surface area contributed by atoms with Gasteiger partial charge in [0.05, 0.1) is 34.6 Å². The van der Waals surface area contributed by atoms with Gasteiger partial charge in [0.15, 0.2) is 0 Å². The Morgan fingerprint density at radius 1 is 0.450 bits per heavy atom. The van der Waals surface area contributed by atoms with Crippen molar-refractivity contribution in [2.45, 2.75) is 19.3 Å². The predicted octanol–water partition coefficient (Wildman–Crippen LogP) is 15.9. The Bertz CT molecular complexity index is 4030. The Labute approximate surface area is 358 Å². The number of benzene rings is 9. The van der Waals surface area contributed by atoms with E-state index >= 15 is 0 Å². The van der Waals surface area contributed by atoms with Crippen LogP contribution >= 0.6 is 11.3 Å². The van der Waals surface area contributed by atoms with Crippen LogP contribution in [0, 0.1) is 0 Å². The number of nitrogens with zero attached hydrogens (tertiary/aromatic N) is 2. The van der Waals surface area contributed by atoms with Gasteiger partial charge in [-0.2, -0.15) is 0 Å². The van der Waals surface area contributed by atoms with Crippen LogP contribution in [0.15, 0.2) is 194 Å². The van der Waals surface area contributed by atoms with Crippen molar-refractivity contribution in [3.63, 3.8) is 0 Å². The fourth-order valence-electron chi connectivity index (χ4n) is 10.3. The minimum Gasteiger partial charge on any atom is -0.309 e. The van der Waals surface area contributed by atoms with E-state index in [1.807, 2.05) is 23.5 Å². The highest BCUT2D eigenvalue weighted by atomic mass is 32.1. The average molecular weight is 788 g/mol. The van der Waals surface area contributed by atoms with Crippen LogP contribution in [0.2, 0.25) is 0 Å². The summed E-state index contributed by atoms with van der Waals surface area (Å²) < 4.78 is 50.4. The van der Waals surface area contributed by atoms with Crippen molar-refractivity contribution in [1.82, 2.24) is 9.13 Å². The topological polar surface area (TPSA) is 9.86 Å². The lowest BCUT2D eigenvalue weighted by Gasteiger charge is -2.22. The van der Waals surface area contributed by atoms with E-state index in [1.54, 1.807) is 0 Å². The van der Waals surface area contributed by atoms with Crippen molar-refractivity contribution >= 4 is 75.1 Å². The number of rotatable bonds is 4. The van der Waals surface area contributed by atoms with E-state index in [2.05, 4.69) is 175 Å². The number of hydrogen-bond acceptors (Lipinski definition) is 1. The van der Waals surface area contributed by atoms with Crippen LogP contribution in [-0.4, -0.2) is 9.13 Å². The summed E-state index contributed by atoms with van der Waals surface area (Å²) >= 11 is 1.85. The van der Waals surface area contributed by atoms with Gasteiger partial charge in [0.2, 0.25) is 0 Å². The zero-order valence-electron chi connectivity index (χ0n) is 37.9. The minimum atomic E-state index is -0.390. The maximum Gasteiger partial charge on any atom is 0.0629 e. The van der Waals surface area contributed by atoms with E-state index in [1.165, 1.54) is 47.7 Å². The summed E-state index contributed by atoms with van der Waals surface area (Å²) in [6, 6.07) is 57.5. The molecule has 0 bridgehead atoms. The molecule has 3 heteroatoms. The van der Waals surface area contributed by atoms with Crippen LogP contribution in [0.5, 0.6) is 0 Å². The summed E-state index contributed by atoms with van der Waals surface area (Å²) in [5.41, 5.74) is 13.6. The SMILES string of the molecule is [2H]c1c([2H])c([2H])c(-c2cccc3c2-c2cc(-n4c5ccccc5c5cc(-c6ccc7c(c6)c6ccccc6n7-c6cccc7sc8ccccc8c67)ccc54)ccc2C3(C)C)c([2H])c1[2H]. The molecule has 0 saturated heterocycles. The molecule has 0 unspecified atom stereocenters. The van der Waals surface area contributed by atoms with Crippen LogP contribution in [-0.2, 0) is 5.41 Å². The molecule has 1 aliphatic carbocycles. The Morgan fingerprint density at radius 3 is 1.82 bits per heavy atom. The Kier molecular flexibility index (Phi) is 6.01. The van der Waals surface area contributed by atoms with Crippen molar-refractivity contribution in [2.75, 3.05) is 0 Å². The highest BCUT2D eigenvalue weighted by Crippen LogP contribution is 2.53. The molecule has 0 aliphatic heterocycles. The zero-order valence-corrected chi connectivity index (χ0v) is 33.7. The monoisotopic (exact) mass is 787 g/mol. The molecule has 2 nitrogen and oxygen atoms in total. The lowest BCUT2D eigenvalue weighted by Crippen LogP contribution is -2.15. The van der Waals surface area contributed by atoms with Crippen LogP contribution in [0.3, 0.4) is 0 Å². The lowest BCUT2D eigenvalue weighted by atomic mass is 9.82. The molecule has 12 aromatic rings.